The van der Waals surface area contributed by atoms with Gasteiger partial charge in [0.1, 0.15) is 17.2 Å². The summed E-state index contributed by atoms with van der Waals surface area (Å²) >= 11 is 1.82. The molecule has 18 heavy (non-hydrogen) atoms. The zero-order chi connectivity index (χ0) is 13.4. The highest BCUT2D eigenvalue weighted by Crippen LogP contribution is 2.26. The monoisotopic (exact) mass is 268 g/mol. The van der Waals surface area contributed by atoms with E-state index in [1.807, 2.05) is 11.8 Å². The maximum Gasteiger partial charge on any atom is 0.133 e. The van der Waals surface area contributed by atoms with Crippen LogP contribution in [0.2, 0.25) is 0 Å². The van der Waals surface area contributed by atoms with E-state index in [4.69, 9.17) is 0 Å². The second-order valence-corrected chi connectivity index (χ2v) is 5.52. The minimum Gasteiger partial charge on any atom is -0.370 e. The molecule has 0 aromatic carbocycles. The maximum atomic E-state index is 4.43. The molecule has 1 aromatic rings. The van der Waals surface area contributed by atoms with Gasteiger partial charge in [-0.1, -0.05) is 13.3 Å². The van der Waals surface area contributed by atoms with Crippen LogP contribution in [0.5, 0.6) is 0 Å². The normalized spacial score (nSPS) is 10.9. The molecule has 0 fully saturated rings. The Bertz CT molecular complexity index is 355. The second kappa shape index (κ2) is 8.32. The first-order valence-electron chi connectivity index (χ1n) is 6.54. The van der Waals surface area contributed by atoms with E-state index in [0.29, 0.717) is 0 Å². The molecule has 1 N–H and O–H groups in total. The number of nitrogens with zero attached hydrogens (tertiary/aromatic N) is 3. The molecule has 0 saturated carbocycles. The molecule has 0 spiro atoms. The van der Waals surface area contributed by atoms with Gasteiger partial charge in [0.2, 0.25) is 0 Å². The molecule has 4 nitrogen and oxygen atoms in total. The number of rotatable bonds is 8. The first-order chi connectivity index (χ1) is 8.69. The Hall–Kier alpha value is -0.810. The zero-order valence-electron chi connectivity index (χ0n) is 11.9. The summed E-state index contributed by atoms with van der Waals surface area (Å²) in [5.41, 5.74) is 1.27. The van der Waals surface area contributed by atoms with Gasteiger partial charge in [0, 0.05) is 24.4 Å². The van der Waals surface area contributed by atoms with Crippen molar-refractivity contribution in [3.8, 4) is 0 Å². The van der Waals surface area contributed by atoms with Crippen molar-refractivity contribution in [2.75, 3.05) is 38.3 Å². The molecular weight excluding hydrogens is 244 g/mol. The minimum atomic E-state index is 0.898. The Morgan fingerprint density at radius 2 is 2.06 bits per heavy atom. The predicted octanol–water partition coefficient (Wildman–Crippen LogP) is 2.51. The van der Waals surface area contributed by atoms with Gasteiger partial charge in [-0.2, -0.15) is 0 Å². The number of anilines is 1. The lowest BCUT2D eigenvalue weighted by molar-refractivity contribution is 0.437. The number of hydrogen-bond donors (Lipinski definition) is 1. The SMILES string of the molecule is CCCc1c(NCC)ncnc1SCCN(C)C. The van der Waals surface area contributed by atoms with Gasteiger partial charge < -0.3 is 10.2 Å². The van der Waals surface area contributed by atoms with Crippen LogP contribution in [0.4, 0.5) is 5.82 Å². The lowest BCUT2D eigenvalue weighted by atomic mass is 10.2. The summed E-state index contributed by atoms with van der Waals surface area (Å²) in [6.45, 7) is 6.25. The van der Waals surface area contributed by atoms with E-state index in [1.165, 1.54) is 5.56 Å². The third kappa shape index (κ3) is 4.82. The number of hydrogen-bond acceptors (Lipinski definition) is 5. The molecule has 0 amide bonds. The van der Waals surface area contributed by atoms with Crippen LogP contribution >= 0.6 is 11.8 Å². The van der Waals surface area contributed by atoms with Crippen molar-refractivity contribution in [3.05, 3.63) is 11.9 Å². The van der Waals surface area contributed by atoms with Gasteiger partial charge in [0.25, 0.3) is 0 Å². The van der Waals surface area contributed by atoms with E-state index in [1.54, 1.807) is 6.33 Å². The van der Waals surface area contributed by atoms with E-state index in [0.717, 1.165) is 42.5 Å². The van der Waals surface area contributed by atoms with Crippen LogP contribution in [-0.2, 0) is 6.42 Å². The largest absolute Gasteiger partial charge is 0.370 e. The summed E-state index contributed by atoms with van der Waals surface area (Å²) in [6, 6.07) is 0. The van der Waals surface area contributed by atoms with Gasteiger partial charge in [0.05, 0.1) is 0 Å². The Labute approximate surface area is 115 Å². The highest BCUT2D eigenvalue weighted by atomic mass is 32.2. The molecular formula is C13H24N4S. The molecule has 0 radical (unpaired) electrons. The fourth-order valence-electron chi connectivity index (χ4n) is 1.64. The van der Waals surface area contributed by atoms with Crippen molar-refractivity contribution in [2.24, 2.45) is 0 Å². The van der Waals surface area contributed by atoms with Crippen molar-refractivity contribution < 1.29 is 0 Å². The fraction of sp³-hybridized carbons (Fsp3) is 0.692. The average Bonchev–Trinajstić information content (AvgIpc) is 2.33. The van der Waals surface area contributed by atoms with Crippen molar-refractivity contribution in [1.29, 1.82) is 0 Å². The Morgan fingerprint density at radius 3 is 2.67 bits per heavy atom. The van der Waals surface area contributed by atoms with Gasteiger partial charge in [0.15, 0.2) is 0 Å². The standard InChI is InChI=1S/C13H24N4S/c1-5-7-11-12(14-6-2)15-10-16-13(11)18-9-8-17(3)4/h10H,5-9H2,1-4H3,(H,14,15,16). The molecule has 1 heterocycles. The van der Waals surface area contributed by atoms with Crippen LogP contribution in [0.25, 0.3) is 0 Å². The summed E-state index contributed by atoms with van der Waals surface area (Å²) in [4.78, 5) is 11.0. The first-order valence-corrected chi connectivity index (χ1v) is 7.52. The molecule has 0 bridgehead atoms. The van der Waals surface area contributed by atoms with Crippen molar-refractivity contribution in [1.82, 2.24) is 14.9 Å². The van der Waals surface area contributed by atoms with Gasteiger partial charge in [-0.05, 0) is 27.4 Å². The van der Waals surface area contributed by atoms with E-state index in [9.17, 15) is 0 Å². The number of aromatic nitrogens is 2. The predicted molar refractivity (Wildman–Crippen MR) is 79.5 cm³/mol. The molecule has 1 rings (SSSR count). The molecule has 102 valence electrons. The summed E-state index contributed by atoms with van der Waals surface area (Å²) in [5, 5.41) is 4.45. The summed E-state index contributed by atoms with van der Waals surface area (Å²) in [7, 11) is 4.19. The highest BCUT2D eigenvalue weighted by molar-refractivity contribution is 7.99. The Kier molecular flexibility index (Phi) is 7.05. The fourth-order valence-corrected chi connectivity index (χ4v) is 2.78. The van der Waals surface area contributed by atoms with Crippen LogP contribution in [-0.4, -0.2) is 47.8 Å². The topological polar surface area (TPSA) is 41.1 Å². The molecule has 5 heteroatoms. The Morgan fingerprint density at radius 1 is 1.28 bits per heavy atom. The quantitative estimate of drug-likeness (QED) is 0.579. The summed E-state index contributed by atoms with van der Waals surface area (Å²) in [5.74, 6) is 2.06. The van der Waals surface area contributed by atoms with Crippen LogP contribution in [0.3, 0.4) is 0 Å². The number of thioether (sulfide) groups is 1. The zero-order valence-corrected chi connectivity index (χ0v) is 12.7. The van der Waals surface area contributed by atoms with E-state index >= 15 is 0 Å². The lowest BCUT2D eigenvalue weighted by Crippen LogP contribution is -2.15. The molecule has 0 atom stereocenters. The van der Waals surface area contributed by atoms with E-state index < -0.39 is 0 Å². The van der Waals surface area contributed by atoms with Crippen LogP contribution < -0.4 is 5.32 Å². The third-order valence-corrected chi connectivity index (χ3v) is 3.54. The summed E-state index contributed by atoms with van der Waals surface area (Å²) < 4.78 is 0. The lowest BCUT2D eigenvalue weighted by Gasteiger charge is -2.13. The van der Waals surface area contributed by atoms with Crippen molar-refractivity contribution in [3.63, 3.8) is 0 Å². The van der Waals surface area contributed by atoms with Crippen molar-refractivity contribution in [2.45, 2.75) is 31.7 Å². The van der Waals surface area contributed by atoms with E-state index in [-0.39, 0.29) is 0 Å². The highest BCUT2D eigenvalue weighted by Gasteiger charge is 2.10. The molecule has 0 aliphatic rings. The second-order valence-electron chi connectivity index (χ2n) is 4.44. The van der Waals surface area contributed by atoms with Crippen LogP contribution in [0, 0.1) is 0 Å². The van der Waals surface area contributed by atoms with Gasteiger partial charge in [-0.3, -0.25) is 0 Å². The van der Waals surface area contributed by atoms with Crippen LogP contribution in [0.15, 0.2) is 11.4 Å². The van der Waals surface area contributed by atoms with Gasteiger partial charge >= 0.3 is 0 Å². The third-order valence-electron chi connectivity index (χ3n) is 2.53. The molecule has 1 aromatic heterocycles. The Balaban J connectivity index is 2.77. The number of nitrogens with one attached hydrogen (secondary N) is 1. The maximum absolute atomic E-state index is 4.43. The van der Waals surface area contributed by atoms with Gasteiger partial charge in [-0.25, -0.2) is 9.97 Å². The summed E-state index contributed by atoms with van der Waals surface area (Å²) in [6.07, 6.45) is 3.82. The van der Waals surface area contributed by atoms with Crippen molar-refractivity contribution >= 4 is 17.6 Å². The molecule has 0 aliphatic heterocycles. The minimum absolute atomic E-state index is 0.898. The average molecular weight is 268 g/mol. The molecule has 0 saturated heterocycles. The van der Waals surface area contributed by atoms with Crippen LogP contribution in [0.1, 0.15) is 25.8 Å². The molecule has 0 unspecified atom stereocenters. The first kappa shape index (κ1) is 15.2. The smallest absolute Gasteiger partial charge is 0.133 e. The van der Waals surface area contributed by atoms with Gasteiger partial charge in [-0.15, -0.1) is 11.8 Å². The van der Waals surface area contributed by atoms with E-state index in [2.05, 4.69) is 48.1 Å². The molecule has 0 aliphatic carbocycles.